The number of benzene rings is 1. The average molecular weight is 449 g/mol. The molecule has 32 heavy (non-hydrogen) atoms. The molecule has 0 amide bonds. The molecule has 0 unspecified atom stereocenters. The standard InChI is InChI=1S/C25H28N3O3P/c1-3-30-32(29,31-4-2)19-18-27-14-9-21(10-15-27)22-11-16-28(17-12-22)24-7-8-25-23(20-24)6-5-13-26-25/h5-17,20H,3-4,18-19H2,1-2H3/q+2. The lowest BCUT2D eigenvalue weighted by molar-refractivity contribution is -0.692. The average Bonchev–Trinajstić information content (AvgIpc) is 2.83. The van der Waals surface area contributed by atoms with Gasteiger partial charge in [0.05, 0.1) is 18.7 Å². The summed E-state index contributed by atoms with van der Waals surface area (Å²) in [5, 5.41) is 1.12. The van der Waals surface area contributed by atoms with Gasteiger partial charge in [0.2, 0.25) is 5.69 Å². The summed E-state index contributed by atoms with van der Waals surface area (Å²) in [4.78, 5) is 4.38. The molecule has 6 nitrogen and oxygen atoms in total. The summed E-state index contributed by atoms with van der Waals surface area (Å²) in [7, 11) is -3.03. The van der Waals surface area contributed by atoms with Crippen molar-refractivity contribution in [3.63, 3.8) is 0 Å². The minimum atomic E-state index is -3.03. The zero-order valence-corrected chi connectivity index (χ0v) is 19.3. The van der Waals surface area contributed by atoms with Gasteiger partial charge in [-0.3, -0.25) is 9.55 Å². The largest absolute Gasteiger partial charge is 0.337 e. The number of hydrogen-bond acceptors (Lipinski definition) is 4. The van der Waals surface area contributed by atoms with E-state index in [-0.39, 0.29) is 0 Å². The molecule has 0 fully saturated rings. The lowest BCUT2D eigenvalue weighted by Crippen LogP contribution is -2.34. The van der Waals surface area contributed by atoms with Crippen LogP contribution in [0.4, 0.5) is 0 Å². The maximum atomic E-state index is 12.6. The first-order valence-corrected chi connectivity index (χ1v) is 12.6. The summed E-state index contributed by atoms with van der Waals surface area (Å²) in [5.74, 6) is 0. The minimum Gasteiger partial charge on any atom is -0.309 e. The van der Waals surface area contributed by atoms with E-state index in [1.54, 1.807) is 0 Å². The molecule has 0 aliphatic carbocycles. The van der Waals surface area contributed by atoms with Crippen LogP contribution in [0, 0.1) is 0 Å². The smallest absolute Gasteiger partial charge is 0.309 e. The molecule has 0 atom stereocenters. The van der Waals surface area contributed by atoms with Gasteiger partial charge < -0.3 is 9.05 Å². The minimum absolute atomic E-state index is 0.352. The molecule has 0 radical (unpaired) electrons. The Morgan fingerprint density at radius 3 is 2.19 bits per heavy atom. The van der Waals surface area contributed by atoms with E-state index in [1.165, 1.54) is 0 Å². The first-order chi connectivity index (χ1) is 15.6. The number of rotatable bonds is 9. The maximum absolute atomic E-state index is 12.6. The third kappa shape index (κ3) is 5.28. The van der Waals surface area contributed by atoms with Gasteiger partial charge in [0.15, 0.2) is 31.3 Å². The SMILES string of the molecule is CCOP(=O)(CC[n+]1ccc(-c2cc[n+](-c3ccc4ncccc4c3)cc2)cc1)OCC. The number of nitrogens with zero attached hydrogens (tertiary/aromatic N) is 3. The fourth-order valence-corrected chi connectivity index (χ4v) is 5.21. The maximum Gasteiger partial charge on any atom is 0.337 e. The molecule has 0 saturated carbocycles. The van der Waals surface area contributed by atoms with Crippen LogP contribution in [0.1, 0.15) is 13.8 Å². The summed E-state index contributed by atoms with van der Waals surface area (Å²) >= 11 is 0. The van der Waals surface area contributed by atoms with Crippen molar-refractivity contribution >= 4 is 18.5 Å². The lowest BCUT2D eigenvalue weighted by Gasteiger charge is -2.15. The van der Waals surface area contributed by atoms with Crippen LogP contribution < -0.4 is 9.13 Å². The zero-order chi connectivity index (χ0) is 22.4. The Morgan fingerprint density at radius 2 is 1.53 bits per heavy atom. The molecule has 7 heteroatoms. The van der Waals surface area contributed by atoms with E-state index in [9.17, 15) is 4.57 Å². The van der Waals surface area contributed by atoms with Crippen LogP contribution in [0.15, 0.2) is 85.6 Å². The van der Waals surface area contributed by atoms with Crippen LogP contribution in [0.25, 0.3) is 27.7 Å². The van der Waals surface area contributed by atoms with E-state index in [0.29, 0.717) is 25.9 Å². The van der Waals surface area contributed by atoms with Crippen molar-refractivity contribution in [2.45, 2.75) is 20.4 Å². The van der Waals surface area contributed by atoms with Gasteiger partial charge >= 0.3 is 7.60 Å². The monoisotopic (exact) mass is 449 g/mol. The summed E-state index contributed by atoms with van der Waals surface area (Å²) in [6, 6.07) is 18.6. The van der Waals surface area contributed by atoms with Crippen molar-refractivity contribution in [3.05, 3.63) is 85.6 Å². The van der Waals surface area contributed by atoms with E-state index in [1.807, 2.05) is 49.1 Å². The number of aryl methyl sites for hydroxylation is 1. The van der Waals surface area contributed by atoms with Crippen molar-refractivity contribution in [2.24, 2.45) is 0 Å². The van der Waals surface area contributed by atoms with Crippen molar-refractivity contribution in [1.29, 1.82) is 0 Å². The third-order valence-corrected chi connectivity index (χ3v) is 7.27. The molecule has 0 aliphatic heterocycles. The molecule has 0 bridgehead atoms. The highest BCUT2D eigenvalue weighted by atomic mass is 31.2. The molecule has 3 heterocycles. The highest BCUT2D eigenvalue weighted by Crippen LogP contribution is 2.47. The molecular formula is C25H28N3O3P+2. The predicted octanol–water partition coefficient (Wildman–Crippen LogP) is 4.73. The molecule has 0 aliphatic rings. The van der Waals surface area contributed by atoms with Crippen LogP contribution in [0.5, 0.6) is 0 Å². The van der Waals surface area contributed by atoms with Crippen LogP contribution in [-0.2, 0) is 20.2 Å². The summed E-state index contributed by atoms with van der Waals surface area (Å²) in [6.07, 6.45) is 10.3. The van der Waals surface area contributed by atoms with Gasteiger partial charge in [-0.25, -0.2) is 4.57 Å². The van der Waals surface area contributed by atoms with Crippen molar-refractivity contribution in [2.75, 3.05) is 19.4 Å². The Balaban J connectivity index is 1.45. The quantitative estimate of drug-likeness (QED) is 0.274. The van der Waals surface area contributed by atoms with Crippen LogP contribution >= 0.6 is 7.60 Å². The number of hydrogen-bond donors (Lipinski definition) is 0. The van der Waals surface area contributed by atoms with Gasteiger partial charge in [-0.2, -0.15) is 4.57 Å². The fourth-order valence-electron chi connectivity index (χ4n) is 3.61. The van der Waals surface area contributed by atoms with Crippen molar-refractivity contribution in [1.82, 2.24) is 4.98 Å². The Bertz CT molecular complexity index is 1220. The normalized spacial score (nSPS) is 11.7. The number of pyridine rings is 3. The molecule has 164 valence electrons. The molecular weight excluding hydrogens is 421 g/mol. The number of fused-ring (bicyclic) bond motifs is 1. The number of aromatic nitrogens is 3. The second-order valence-electron chi connectivity index (χ2n) is 7.37. The third-order valence-electron chi connectivity index (χ3n) is 5.22. The second-order valence-corrected chi connectivity index (χ2v) is 9.55. The first kappa shape index (κ1) is 22.3. The summed E-state index contributed by atoms with van der Waals surface area (Å²) in [6.45, 7) is 4.99. The molecule has 3 aromatic heterocycles. The fraction of sp³-hybridized carbons (Fsp3) is 0.240. The van der Waals surface area contributed by atoms with Gasteiger partial charge in [-0.15, -0.1) is 0 Å². The van der Waals surface area contributed by atoms with Gasteiger partial charge in [0.25, 0.3) is 0 Å². The van der Waals surface area contributed by atoms with Gasteiger partial charge in [0.1, 0.15) is 6.16 Å². The van der Waals surface area contributed by atoms with Gasteiger partial charge in [-0.05, 0) is 37.1 Å². The summed E-state index contributed by atoms with van der Waals surface area (Å²) in [5.41, 5.74) is 4.33. The van der Waals surface area contributed by atoms with Crippen LogP contribution in [0.2, 0.25) is 0 Å². The highest BCUT2D eigenvalue weighted by Gasteiger charge is 2.25. The first-order valence-electron chi connectivity index (χ1n) is 10.8. The Kier molecular flexibility index (Phi) is 7.05. The lowest BCUT2D eigenvalue weighted by atomic mass is 10.1. The molecule has 0 N–H and O–H groups in total. The van der Waals surface area contributed by atoms with E-state index < -0.39 is 7.60 Å². The van der Waals surface area contributed by atoms with Gasteiger partial charge in [-0.1, -0.05) is 6.07 Å². The van der Waals surface area contributed by atoms with Crippen LogP contribution in [-0.4, -0.2) is 24.4 Å². The zero-order valence-electron chi connectivity index (χ0n) is 18.4. The van der Waals surface area contributed by atoms with Gasteiger partial charge in [0, 0.05) is 48.0 Å². The Morgan fingerprint density at radius 1 is 0.875 bits per heavy atom. The molecule has 4 aromatic rings. The van der Waals surface area contributed by atoms with E-state index in [0.717, 1.165) is 27.7 Å². The molecule has 0 saturated heterocycles. The second kappa shape index (κ2) is 10.1. The molecule has 4 rings (SSSR count). The van der Waals surface area contributed by atoms with Crippen LogP contribution in [0.3, 0.4) is 0 Å². The molecule has 0 spiro atoms. The Labute approximate surface area is 188 Å². The summed E-state index contributed by atoms with van der Waals surface area (Å²) < 4.78 is 27.5. The van der Waals surface area contributed by atoms with Crippen molar-refractivity contribution in [3.8, 4) is 16.8 Å². The molecule has 1 aromatic carbocycles. The topological polar surface area (TPSA) is 56.2 Å². The Hall–Kier alpha value is -2.92. The van der Waals surface area contributed by atoms with E-state index in [2.05, 4.69) is 64.4 Å². The van der Waals surface area contributed by atoms with E-state index >= 15 is 0 Å². The van der Waals surface area contributed by atoms with E-state index in [4.69, 9.17) is 9.05 Å². The predicted molar refractivity (Wildman–Crippen MR) is 125 cm³/mol. The highest BCUT2D eigenvalue weighted by molar-refractivity contribution is 7.53. The van der Waals surface area contributed by atoms with Crippen molar-refractivity contribution < 1.29 is 22.7 Å².